The Bertz CT molecular complexity index is 253. The Hall–Kier alpha value is -1.58. The van der Waals surface area contributed by atoms with Crippen LogP contribution in [0.5, 0.6) is 0 Å². The molecule has 16 heavy (non-hydrogen) atoms. The number of carbonyl (C=O) groups is 2. The zero-order chi connectivity index (χ0) is 13.0. The third-order valence-electron chi connectivity index (χ3n) is 1.43. The number of hydrogen-bond acceptors (Lipinski definition) is 2. The van der Waals surface area contributed by atoms with Crippen molar-refractivity contribution in [2.24, 2.45) is 0 Å². The number of carboxylic acid groups (broad SMARTS) is 1. The SMILES string of the molecule is CC.CC(C)=C/C=C\N(C=O)CCC(=O)O. The maximum Gasteiger partial charge on any atom is 0.305 e. The molecule has 0 aliphatic carbocycles. The Morgan fingerprint density at radius 3 is 2.25 bits per heavy atom. The molecule has 0 spiro atoms. The van der Waals surface area contributed by atoms with Crippen LogP contribution in [0, 0.1) is 0 Å². The number of rotatable bonds is 6. The van der Waals surface area contributed by atoms with E-state index in [1.54, 1.807) is 12.3 Å². The fourth-order valence-corrected chi connectivity index (χ4v) is 0.733. The minimum Gasteiger partial charge on any atom is -0.481 e. The van der Waals surface area contributed by atoms with Crippen LogP contribution in [0.1, 0.15) is 34.1 Å². The van der Waals surface area contributed by atoms with Gasteiger partial charge >= 0.3 is 5.97 Å². The van der Waals surface area contributed by atoms with Crippen molar-refractivity contribution in [2.75, 3.05) is 6.54 Å². The Morgan fingerprint density at radius 1 is 1.31 bits per heavy atom. The van der Waals surface area contributed by atoms with E-state index in [9.17, 15) is 9.59 Å². The lowest BCUT2D eigenvalue weighted by Gasteiger charge is -2.08. The van der Waals surface area contributed by atoms with Gasteiger partial charge in [0.15, 0.2) is 0 Å². The summed E-state index contributed by atoms with van der Waals surface area (Å²) in [4.78, 5) is 22.0. The molecule has 0 saturated heterocycles. The first kappa shape index (κ1) is 16.8. The minimum atomic E-state index is -0.910. The van der Waals surface area contributed by atoms with Gasteiger partial charge in [-0.3, -0.25) is 9.59 Å². The van der Waals surface area contributed by atoms with Gasteiger partial charge in [-0.05, 0) is 19.9 Å². The Labute approximate surface area is 97.3 Å². The molecule has 0 rings (SSSR count). The van der Waals surface area contributed by atoms with Gasteiger partial charge in [0.1, 0.15) is 0 Å². The molecule has 0 saturated carbocycles. The van der Waals surface area contributed by atoms with Crippen molar-refractivity contribution in [2.45, 2.75) is 34.1 Å². The predicted molar refractivity (Wildman–Crippen MR) is 64.9 cm³/mol. The molecule has 92 valence electrons. The quantitative estimate of drug-likeness (QED) is 0.560. The number of allylic oxidation sites excluding steroid dienone is 3. The van der Waals surface area contributed by atoms with Crippen molar-refractivity contribution < 1.29 is 14.7 Å². The normalized spacial score (nSPS) is 9.00. The number of aliphatic carboxylic acids is 1. The standard InChI is InChI=1S/C10H15NO3.C2H6/c1-9(2)4-3-6-11(8-12)7-5-10(13)14;1-2/h3-4,6,8H,5,7H2,1-2H3,(H,13,14);1-2H3/b6-3-;. The lowest BCUT2D eigenvalue weighted by molar-refractivity contribution is -0.137. The van der Waals surface area contributed by atoms with Crippen molar-refractivity contribution in [1.29, 1.82) is 0 Å². The zero-order valence-corrected chi connectivity index (χ0v) is 10.4. The first-order chi connectivity index (χ1) is 7.56. The zero-order valence-electron chi connectivity index (χ0n) is 10.4. The molecule has 0 unspecified atom stereocenters. The van der Waals surface area contributed by atoms with Crippen LogP contribution in [0.4, 0.5) is 0 Å². The van der Waals surface area contributed by atoms with Gasteiger partial charge < -0.3 is 10.0 Å². The average Bonchev–Trinajstić information content (AvgIpc) is 2.25. The van der Waals surface area contributed by atoms with Gasteiger partial charge in [-0.1, -0.05) is 25.5 Å². The van der Waals surface area contributed by atoms with E-state index in [0.29, 0.717) is 6.41 Å². The second-order valence-corrected chi connectivity index (χ2v) is 3.07. The summed E-state index contributed by atoms with van der Waals surface area (Å²) in [6, 6.07) is 0. The van der Waals surface area contributed by atoms with Gasteiger partial charge in [-0.2, -0.15) is 0 Å². The van der Waals surface area contributed by atoms with E-state index in [0.717, 1.165) is 5.57 Å². The highest BCUT2D eigenvalue weighted by molar-refractivity contribution is 5.67. The molecule has 1 N–H and O–H groups in total. The van der Waals surface area contributed by atoms with Crippen LogP contribution in [0.2, 0.25) is 0 Å². The van der Waals surface area contributed by atoms with Gasteiger partial charge in [0.2, 0.25) is 6.41 Å². The van der Waals surface area contributed by atoms with E-state index < -0.39 is 5.97 Å². The summed E-state index contributed by atoms with van der Waals surface area (Å²) in [5.74, 6) is -0.910. The fourth-order valence-electron chi connectivity index (χ4n) is 0.733. The highest BCUT2D eigenvalue weighted by Gasteiger charge is 2.00. The van der Waals surface area contributed by atoms with Crippen molar-refractivity contribution in [3.05, 3.63) is 23.9 Å². The predicted octanol–water partition coefficient (Wildman–Crippen LogP) is 2.43. The smallest absolute Gasteiger partial charge is 0.305 e. The first-order valence-corrected chi connectivity index (χ1v) is 5.30. The van der Waals surface area contributed by atoms with Crippen LogP contribution in [0.25, 0.3) is 0 Å². The molecule has 0 atom stereocenters. The fraction of sp³-hybridized carbons (Fsp3) is 0.500. The third kappa shape index (κ3) is 12.4. The molecule has 1 amide bonds. The van der Waals surface area contributed by atoms with Crippen LogP contribution in [0.3, 0.4) is 0 Å². The number of carboxylic acids is 1. The van der Waals surface area contributed by atoms with Gasteiger partial charge in [0.05, 0.1) is 6.42 Å². The maximum atomic E-state index is 10.5. The van der Waals surface area contributed by atoms with Crippen LogP contribution >= 0.6 is 0 Å². The van der Waals surface area contributed by atoms with E-state index >= 15 is 0 Å². The largest absolute Gasteiger partial charge is 0.481 e. The highest BCUT2D eigenvalue weighted by atomic mass is 16.4. The molecule has 0 radical (unpaired) electrons. The number of carbonyl (C=O) groups excluding carboxylic acids is 1. The molecular weight excluding hydrogens is 206 g/mol. The number of amides is 1. The minimum absolute atomic E-state index is 0.0437. The van der Waals surface area contributed by atoms with Crippen molar-refractivity contribution in [3.8, 4) is 0 Å². The molecule has 0 bridgehead atoms. The summed E-state index contributed by atoms with van der Waals surface area (Å²) in [7, 11) is 0. The van der Waals surface area contributed by atoms with Gasteiger partial charge in [-0.15, -0.1) is 0 Å². The number of hydrogen-bond donors (Lipinski definition) is 1. The summed E-state index contributed by atoms with van der Waals surface area (Å²) in [6.45, 7) is 8.08. The summed E-state index contributed by atoms with van der Waals surface area (Å²) in [5, 5.41) is 8.39. The van der Waals surface area contributed by atoms with Gasteiger partial charge in [0, 0.05) is 12.7 Å². The first-order valence-electron chi connectivity index (χ1n) is 5.30. The Kier molecular flexibility index (Phi) is 12.1. The van der Waals surface area contributed by atoms with E-state index in [1.807, 2.05) is 33.8 Å². The van der Waals surface area contributed by atoms with Crippen molar-refractivity contribution >= 4 is 12.4 Å². The highest BCUT2D eigenvalue weighted by Crippen LogP contribution is 1.93. The van der Waals surface area contributed by atoms with E-state index in [1.165, 1.54) is 4.90 Å². The molecule has 0 aromatic heterocycles. The van der Waals surface area contributed by atoms with Crippen molar-refractivity contribution in [1.82, 2.24) is 4.90 Å². The third-order valence-corrected chi connectivity index (χ3v) is 1.43. The van der Waals surface area contributed by atoms with E-state index in [4.69, 9.17) is 5.11 Å². The van der Waals surface area contributed by atoms with Crippen LogP contribution in [-0.4, -0.2) is 28.9 Å². The monoisotopic (exact) mass is 227 g/mol. The molecule has 0 fully saturated rings. The molecule has 4 heteroatoms. The molecule has 4 nitrogen and oxygen atoms in total. The van der Waals surface area contributed by atoms with Crippen LogP contribution in [0.15, 0.2) is 23.9 Å². The average molecular weight is 227 g/mol. The second-order valence-electron chi connectivity index (χ2n) is 3.07. The maximum absolute atomic E-state index is 10.5. The molecule has 0 heterocycles. The molecule has 0 aromatic rings. The lowest BCUT2D eigenvalue weighted by atomic mass is 10.3. The molecule has 0 aromatic carbocycles. The van der Waals surface area contributed by atoms with Gasteiger partial charge in [-0.25, -0.2) is 0 Å². The topological polar surface area (TPSA) is 57.6 Å². The van der Waals surface area contributed by atoms with Crippen molar-refractivity contribution in [3.63, 3.8) is 0 Å². The lowest BCUT2D eigenvalue weighted by Crippen LogP contribution is -2.18. The summed E-state index contributed by atoms with van der Waals surface area (Å²) in [6.07, 6.45) is 5.68. The summed E-state index contributed by atoms with van der Waals surface area (Å²) in [5.41, 5.74) is 1.12. The summed E-state index contributed by atoms with van der Waals surface area (Å²) >= 11 is 0. The second kappa shape index (κ2) is 11.5. The van der Waals surface area contributed by atoms with Crippen LogP contribution in [-0.2, 0) is 9.59 Å². The molecule has 0 aliphatic heterocycles. The molecular formula is C12H21NO3. The molecule has 0 aliphatic rings. The number of nitrogens with zero attached hydrogens (tertiary/aromatic N) is 1. The van der Waals surface area contributed by atoms with Gasteiger partial charge in [0.25, 0.3) is 0 Å². The van der Waals surface area contributed by atoms with Crippen LogP contribution < -0.4 is 0 Å². The Morgan fingerprint density at radius 2 is 1.88 bits per heavy atom. The summed E-state index contributed by atoms with van der Waals surface area (Å²) < 4.78 is 0. The van der Waals surface area contributed by atoms with E-state index in [2.05, 4.69) is 0 Å². The van der Waals surface area contributed by atoms with E-state index in [-0.39, 0.29) is 13.0 Å². The Balaban J connectivity index is 0.